The molecule has 0 aliphatic heterocycles. The highest BCUT2D eigenvalue weighted by Crippen LogP contribution is 2.24. The second kappa shape index (κ2) is 5.26. The van der Waals surface area contributed by atoms with Gasteiger partial charge in [0.25, 0.3) is 0 Å². The molecular weight excluding hydrogens is 238 g/mol. The van der Waals surface area contributed by atoms with Crippen molar-refractivity contribution in [2.24, 2.45) is 0 Å². The number of phenols is 1. The van der Waals surface area contributed by atoms with Crippen molar-refractivity contribution in [1.82, 2.24) is 9.97 Å². The summed E-state index contributed by atoms with van der Waals surface area (Å²) in [6, 6.07) is 7.23. The Bertz CT molecular complexity index is 566. The lowest BCUT2D eigenvalue weighted by Gasteiger charge is -2.18. The molecule has 1 aromatic heterocycles. The summed E-state index contributed by atoms with van der Waals surface area (Å²) in [5.41, 5.74) is 3.59. The molecule has 0 bridgehead atoms. The van der Waals surface area contributed by atoms with E-state index in [-0.39, 0.29) is 0 Å². The van der Waals surface area contributed by atoms with Gasteiger partial charge in [-0.15, -0.1) is 0 Å². The Morgan fingerprint density at radius 1 is 1.05 bits per heavy atom. The number of aryl methyl sites for hydroxylation is 1. The Balaban J connectivity index is 1.75. The first-order chi connectivity index (χ1) is 9.33. The minimum atomic E-state index is 0.295. The number of hydrogen-bond acceptors (Lipinski definition) is 4. The van der Waals surface area contributed by atoms with Crippen LogP contribution < -0.4 is 5.32 Å². The van der Waals surface area contributed by atoms with Crippen LogP contribution in [0.1, 0.15) is 29.7 Å². The molecule has 4 nitrogen and oxygen atoms in total. The molecule has 1 aliphatic rings. The average Bonchev–Trinajstić information content (AvgIpc) is 2.47. The molecule has 4 heteroatoms. The van der Waals surface area contributed by atoms with Crippen molar-refractivity contribution in [3.8, 4) is 5.75 Å². The Kier molecular flexibility index (Phi) is 3.31. The normalized spacial score (nSPS) is 13.9. The number of anilines is 1. The predicted octanol–water partition coefficient (Wildman–Crippen LogP) is 2.67. The summed E-state index contributed by atoms with van der Waals surface area (Å²) in [4.78, 5) is 8.72. The second-order valence-corrected chi connectivity index (χ2v) is 4.87. The second-order valence-electron chi connectivity index (χ2n) is 4.87. The molecule has 1 aliphatic carbocycles. The smallest absolute Gasteiger partial charge is 0.133 e. The molecule has 1 aromatic carbocycles. The van der Waals surface area contributed by atoms with E-state index in [4.69, 9.17) is 0 Å². The lowest BCUT2D eigenvalue weighted by molar-refractivity contribution is 0.475. The minimum absolute atomic E-state index is 0.295. The maximum absolute atomic E-state index is 9.26. The van der Waals surface area contributed by atoms with Crippen LogP contribution in [0, 0.1) is 0 Å². The first-order valence-electron chi connectivity index (χ1n) is 6.67. The number of rotatable bonds is 3. The maximum Gasteiger partial charge on any atom is 0.133 e. The summed E-state index contributed by atoms with van der Waals surface area (Å²) >= 11 is 0. The van der Waals surface area contributed by atoms with Gasteiger partial charge < -0.3 is 10.4 Å². The largest absolute Gasteiger partial charge is 0.508 e. The number of benzene rings is 1. The highest BCUT2D eigenvalue weighted by molar-refractivity contribution is 5.47. The van der Waals surface area contributed by atoms with Gasteiger partial charge in [0.2, 0.25) is 0 Å². The summed E-state index contributed by atoms with van der Waals surface area (Å²) in [5.74, 6) is 1.25. The summed E-state index contributed by atoms with van der Waals surface area (Å²) < 4.78 is 0. The van der Waals surface area contributed by atoms with Crippen LogP contribution in [0.2, 0.25) is 0 Å². The molecule has 0 amide bonds. The van der Waals surface area contributed by atoms with Gasteiger partial charge in [-0.3, -0.25) is 0 Å². The van der Waals surface area contributed by atoms with Crippen LogP contribution in [-0.2, 0) is 19.4 Å². The third-order valence-corrected chi connectivity index (χ3v) is 3.52. The first kappa shape index (κ1) is 12.0. The van der Waals surface area contributed by atoms with Gasteiger partial charge in [0.1, 0.15) is 17.9 Å². The molecular formula is C15H17N3O. The highest BCUT2D eigenvalue weighted by Gasteiger charge is 2.14. The Morgan fingerprint density at radius 3 is 2.68 bits per heavy atom. The van der Waals surface area contributed by atoms with E-state index in [0.717, 1.165) is 24.2 Å². The van der Waals surface area contributed by atoms with Gasteiger partial charge in [-0.05, 0) is 43.4 Å². The standard InChI is InChI=1S/C15H17N3O/c19-12-7-5-11(6-8-12)9-16-15-13-3-1-2-4-14(13)17-10-18-15/h5-8,10,19H,1-4,9H2,(H,16,17,18). The molecule has 0 spiro atoms. The predicted molar refractivity (Wildman–Crippen MR) is 74.1 cm³/mol. The van der Waals surface area contributed by atoms with Gasteiger partial charge in [0, 0.05) is 17.8 Å². The maximum atomic E-state index is 9.26. The molecule has 0 saturated heterocycles. The Morgan fingerprint density at radius 2 is 1.84 bits per heavy atom. The van der Waals surface area contributed by atoms with Gasteiger partial charge in [0.05, 0.1) is 0 Å². The topological polar surface area (TPSA) is 58.0 Å². The quantitative estimate of drug-likeness (QED) is 0.885. The van der Waals surface area contributed by atoms with E-state index in [2.05, 4.69) is 15.3 Å². The molecule has 0 unspecified atom stereocenters. The number of nitrogens with zero attached hydrogens (tertiary/aromatic N) is 2. The van der Waals surface area contributed by atoms with Crippen LogP contribution >= 0.6 is 0 Å². The number of aromatic nitrogens is 2. The molecule has 2 N–H and O–H groups in total. The van der Waals surface area contributed by atoms with E-state index in [1.807, 2.05) is 12.1 Å². The fourth-order valence-corrected chi connectivity index (χ4v) is 2.47. The van der Waals surface area contributed by atoms with Crippen molar-refractivity contribution in [3.63, 3.8) is 0 Å². The van der Waals surface area contributed by atoms with E-state index in [1.54, 1.807) is 18.5 Å². The van der Waals surface area contributed by atoms with Crippen LogP contribution in [0.15, 0.2) is 30.6 Å². The fraction of sp³-hybridized carbons (Fsp3) is 0.333. The van der Waals surface area contributed by atoms with Gasteiger partial charge >= 0.3 is 0 Å². The van der Waals surface area contributed by atoms with Crippen molar-refractivity contribution in [3.05, 3.63) is 47.4 Å². The molecule has 1 heterocycles. The number of phenolic OH excluding ortho intramolecular Hbond substituents is 1. The van der Waals surface area contributed by atoms with Crippen molar-refractivity contribution in [2.45, 2.75) is 32.2 Å². The molecule has 0 atom stereocenters. The zero-order chi connectivity index (χ0) is 13.1. The summed E-state index contributed by atoms with van der Waals surface area (Å²) in [5, 5.41) is 12.6. The minimum Gasteiger partial charge on any atom is -0.508 e. The van der Waals surface area contributed by atoms with E-state index >= 15 is 0 Å². The number of hydrogen-bond donors (Lipinski definition) is 2. The average molecular weight is 255 g/mol. The van der Waals surface area contributed by atoms with Crippen molar-refractivity contribution in [2.75, 3.05) is 5.32 Å². The number of aromatic hydroxyl groups is 1. The molecule has 0 fully saturated rings. The third kappa shape index (κ3) is 2.67. The van der Waals surface area contributed by atoms with Gasteiger partial charge in [-0.1, -0.05) is 12.1 Å². The van der Waals surface area contributed by atoms with Gasteiger partial charge in [0.15, 0.2) is 0 Å². The monoisotopic (exact) mass is 255 g/mol. The van der Waals surface area contributed by atoms with E-state index in [0.29, 0.717) is 12.3 Å². The van der Waals surface area contributed by atoms with Crippen LogP contribution in [0.3, 0.4) is 0 Å². The summed E-state index contributed by atoms with van der Waals surface area (Å²) in [6.45, 7) is 0.712. The van der Waals surface area contributed by atoms with Crippen LogP contribution in [-0.4, -0.2) is 15.1 Å². The lowest BCUT2D eigenvalue weighted by atomic mass is 9.96. The fourth-order valence-electron chi connectivity index (χ4n) is 2.47. The molecule has 0 radical (unpaired) electrons. The Labute approximate surface area is 112 Å². The van der Waals surface area contributed by atoms with Gasteiger partial charge in [-0.25, -0.2) is 9.97 Å². The van der Waals surface area contributed by atoms with Crippen LogP contribution in [0.5, 0.6) is 5.75 Å². The third-order valence-electron chi connectivity index (χ3n) is 3.52. The van der Waals surface area contributed by atoms with E-state index in [1.165, 1.54) is 24.1 Å². The Hall–Kier alpha value is -2.10. The van der Waals surface area contributed by atoms with Crippen molar-refractivity contribution in [1.29, 1.82) is 0 Å². The molecule has 19 heavy (non-hydrogen) atoms. The number of fused-ring (bicyclic) bond motifs is 1. The number of nitrogens with one attached hydrogen (secondary N) is 1. The zero-order valence-corrected chi connectivity index (χ0v) is 10.8. The van der Waals surface area contributed by atoms with Crippen LogP contribution in [0.25, 0.3) is 0 Å². The highest BCUT2D eigenvalue weighted by atomic mass is 16.3. The summed E-state index contributed by atoms with van der Waals surface area (Å²) in [6.07, 6.45) is 6.21. The SMILES string of the molecule is Oc1ccc(CNc2ncnc3c2CCCC3)cc1. The lowest BCUT2D eigenvalue weighted by Crippen LogP contribution is -2.12. The zero-order valence-electron chi connectivity index (χ0n) is 10.8. The van der Waals surface area contributed by atoms with Crippen molar-refractivity contribution < 1.29 is 5.11 Å². The molecule has 3 rings (SSSR count). The first-order valence-corrected chi connectivity index (χ1v) is 6.67. The van der Waals surface area contributed by atoms with Crippen LogP contribution in [0.4, 0.5) is 5.82 Å². The molecule has 0 saturated carbocycles. The van der Waals surface area contributed by atoms with E-state index < -0.39 is 0 Å². The summed E-state index contributed by atoms with van der Waals surface area (Å²) in [7, 11) is 0. The molecule has 98 valence electrons. The van der Waals surface area contributed by atoms with Gasteiger partial charge in [-0.2, -0.15) is 0 Å². The van der Waals surface area contributed by atoms with Crippen molar-refractivity contribution >= 4 is 5.82 Å². The van der Waals surface area contributed by atoms with E-state index in [9.17, 15) is 5.11 Å². The molecule has 2 aromatic rings.